The molecule has 0 radical (unpaired) electrons. The molecule has 1 unspecified atom stereocenters. The third-order valence-corrected chi connectivity index (χ3v) is 4.25. The highest BCUT2D eigenvalue weighted by atomic mass is 19.1. The predicted octanol–water partition coefficient (Wildman–Crippen LogP) is 3.22. The van der Waals surface area contributed by atoms with Gasteiger partial charge in [0.15, 0.2) is 6.61 Å². The summed E-state index contributed by atoms with van der Waals surface area (Å²) in [5.74, 6) is -1.01. The molecule has 2 rings (SSSR count). The number of nitrogens with one attached hydrogen (secondary N) is 1. The number of hydrogen-bond acceptors (Lipinski definition) is 3. The van der Waals surface area contributed by atoms with Crippen molar-refractivity contribution in [3.63, 3.8) is 0 Å². The number of hydrogen-bond donors (Lipinski definition) is 2. The topological polar surface area (TPSA) is 75.6 Å². The summed E-state index contributed by atoms with van der Waals surface area (Å²) < 4.78 is 18.7. The maximum absolute atomic E-state index is 13.6. The van der Waals surface area contributed by atoms with E-state index in [1.165, 1.54) is 6.07 Å². The fourth-order valence-corrected chi connectivity index (χ4v) is 2.61. The van der Waals surface area contributed by atoms with E-state index in [0.29, 0.717) is 37.1 Å². The third-order valence-electron chi connectivity index (χ3n) is 4.25. The molecule has 0 aliphatic carbocycles. The van der Waals surface area contributed by atoms with Crippen molar-refractivity contribution in [2.24, 2.45) is 5.92 Å². The minimum Gasteiger partial charge on any atom is -0.482 e. The summed E-state index contributed by atoms with van der Waals surface area (Å²) >= 11 is 0. The standard InChI is InChI=1S/C21H24FNO4/c1-15(6-9-17-4-2-3-5-19(17)22)21(26)23-13-12-16-7-10-18(11-8-16)27-14-20(24)25/h2-5,7-8,10-11,15H,6,9,12-14H2,1H3,(H,23,26)(H,24,25). The Morgan fingerprint density at radius 2 is 1.81 bits per heavy atom. The van der Waals surface area contributed by atoms with Gasteiger partial charge in [-0.25, -0.2) is 9.18 Å². The normalized spacial score (nSPS) is 11.6. The van der Waals surface area contributed by atoms with Crippen molar-refractivity contribution in [1.29, 1.82) is 0 Å². The first-order chi connectivity index (χ1) is 13.0. The maximum Gasteiger partial charge on any atom is 0.341 e. The average Bonchev–Trinajstić information content (AvgIpc) is 2.66. The Hall–Kier alpha value is -2.89. The molecule has 0 aliphatic heterocycles. The van der Waals surface area contributed by atoms with E-state index >= 15 is 0 Å². The summed E-state index contributed by atoms with van der Waals surface area (Å²) in [6, 6.07) is 13.7. The molecule has 0 spiro atoms. The smallest absolute Gasteiger partial charge is 0.341 e. The molecule has 0 aliphatic rings. The van der Waals surface area contributed by atoms with Crippen LogP contribution in [0.5, 0.6) is 5.75 Å². The van der Waals surface area contributed by atoms with Gasteiger partial charge in [-0.2, -0.15) is 0 Å². The minimum absolute atomic E-state index is 0.0484. The minimum atomic E-state index is -1.02. The second kappa shape index (κ2) is 10.3. The number of halogens is 1. The van der Waals surface area contributed by atoms with Gasteiger partial charge >= 0.3 is 5.97 Å². The molecule has 2 aromatic carbocycles. The van der Waals surface area contributed by atoms with Gasteiger partial charge < -0.3 is 15.2 Å². The summed E-state index contributed by atoms with van der Waals surface area (Å²) in [4.78, 5) is 22.6. The van der Waals surface area contributed by atoms with E-state index in [4.69, 9.17) is 9.84 Å². The number of carboxylic acids is 1. The van der Waals surface area contributed by atoms with Gasteiger partial charge in [0.25, 0.3) is 0 Å². The average molecular weight is 373 g/mol. The first kappa shape index (κ1) is 20.4. The van der Waals surface area contributed by atoms with Crippen LogP contribution in [0.4, 0.5) is 4.39 Å². The number of carboxylic acid groups (broad SMARTS) is 1. The molecule has 144 valence electrons. The molecule has 6 heteroatoms. The molecule has 2 N–H and O–H groups in total. The lowest BCUT2D eigenvalue weighted by atomic mass is 10.00. The Morgan fingerprint density at radius 1 is 1.11 bits per heavy atom. The van der Waals surface area contributed by atoms with E-state index in [0.717, 1.165) is 5.56 Å². The Morgan fingerprint density at radius 3 is 2.48 bits per heavy atom. The number of benzene rings is 2. The van der Waals surface area contributed by atoms with Gasteiger partial charge in [-0.3, -0.25) is 4.79 Å². The van der Waals surface area contributed by atoms with E-state index in [1.54, 1.807) is 30.3 Å². The number of carbonyl (C=O) groups is 2. The van der Waals surface area contributed by atoms with Gasteiger partial charge in [-0.15, -0.1) is 0 Å². The zero-order valence-corrected chi connectivity index (χ0v) is 15.3. The zero-order chi connectivity index (χ0) is 19.6. The molecule has 0 aromatic heterocycles. The molecule has 0 heterocycles. The lowest BCUT2D eigenvalue weighted by molar-refractivity contribution is -0.139. The number of amides is 1. The van der Waals surface area contributed by atoms with Crippen molar-refractivity contribution in [2.45, 2.75) is 26.2 Å². The number of carbonyl (C=O) groups excluding carboxylic acids is 1. The predicted molar refractivity (Wildman–Crippen MR) is 100 cm³/mol. The summed E-state index contributed by atoms with van der Waals surface area (Å²) in [5.41, 5.74) is 1.64. The van der Waals surface area contributed by atoms with Gasteiger partial charge in [0, 0.05) is 12.5 Å². The van der Waals surface area contributed by atoms with Crippen LogP contribution in [0.25, 0.3) is 0 Å². The molecule has 0 saturated carbocycles. The Bertz CT molecular complexity index is 761. The van der Waals surface area contributed by atoms with Crippen molar-refractivity contribution in [2.75, 3.05) is 13.2 Å². The third kappa shape index (κ3) is 7.09. The van der Waals surface area contributed by atoms with Crippen LogP contribution in [0.3, 0.4) is 0 Å². The van der Waals surface area contributed by atoms with Crippen molar-refractivity contribution >= 4 is 11.9 Å². The van der Waals surface area contributed by atoms with Gasteiger partial charge in [0.2, 0.25) is 5.91 Å². The highest BCUT2D eigenvalue weighted by Gasteiger charge is 2.13. The van der Waals surface area contributed by atoms with Crippen molar-refractivity contribution in [1.82, 2.24) is 5.32 Å². The molecule has 0 saturated heterocycles. The largest absolute Gasteiger partial charge is 0.482 e. The first-order valence-corrected chi connectivity index (χ1v) is 8.90. The van der Waals surface area contributed by atoms with Gasteiger partial charge in [0.05, 0.1) is 0 Å². The molecule has 0 fully saturated rings. The SMILES string of the molecule is CC(CCc1ccccc1F)C(=O)NCCc1ccc(OCC(=O)O)cc1. The lowest BCUT2D eigenvalue weighted by Crippen LogP contribution is -2.31. The maximum atomic E-state index is 13.6. The number of ether oxygens (including phenoxy) is 1. The zero-order valence-electron chi connectivity index (χ0n) is 15.3. The van der Waals surface area contributed by atoms with Crippen LogP contribution in [0.15, 0.2) is 48.5 Å². The molecular formula is C21H24FNO4. The van der Waals surface area contributed by atoms with Crippen LogP contribution >= 0.6 is 0 Å². The van der Waals surface area contributed by atoms with Gasteiger partial charge in [-0.1, -0.05) is 37.3 Å². The fourth-order valence-electron chi connectivity index (χ4n) is 2.61. The Kier molecular flexibility index (Phi) is 7.79. The van der Waals surface area contributed by atoms with Crippen LogP contribution in [0, 0.1) is 11.7 Å². The second-order valence-electron chi connectivity index (χ2n) is 6.40. The fraction of sp³-hybridized carbons (Fsp3) is 0.333. The van der Waals surface area contributed by atoms with Crippen LogP contribution in [0.1, 0.15) is 24.5 Å². The van der Waals surface area contributed by atoms with Crippen LogP contribution in [-0.2, 0) is 22.4 Å². The van der Waals surface area contributed by atoms with Crippen LogP contribution in [0.2, 0.25) is 0 Å². The summed E-state index contributed by atoms with van der Waals surface area (Å²) in [6.45, 7) is 1.96. The van der Waals surface area contributed by atoms with Gasteiger partial charge in [0.1, 0.15) is 11.6 Å². The number of aryl methyl sites for hydroxylation is 1. The van der Waals surface area contributed by atoms with Crippen molar-refractivity contribution in [3.8, 4) is 5.75 Å². The molecule has 0 bridgehead atoms. The molecule has 5 nitrogen and oxygen atoms in total. The first-order valence-electron chi connectivity index (χ1n) is 8.90. The Balaban J connectivity index is 1.70. The highest BCUT2D eigenvalue weighted by Crippen LogP contribution is 2.14. The quantitative estimate of drug-likeness (QED) is 0.671. The highest BCUT2D eigenvalue weighted by molar-refractivity contribution is 5.78. The van der Waals surface area contributed by atoms with Crippen molar-refractivity contribution < 1.29 is 23.8 Å². The van der Waals surface area contributed by atoms with E-state index in [-0.39, 0.29) is 24.2 Å². The number of aliphatic carboxylic acids is 1. The van der Waals surface area contributed by atoms with Gasteiger partial charge in [-0.05, 0) is 48.6 Å². The monoisotopic (exact) mass is 373 g/mol. The second-order valence-corrected chi connectivity index (χ2v) is 6.40. The van der Waals surface area contributed by atoms with E-state index in [2.05, 4.69) is 5.32 Å². The molecule has 27 heavy (non-hydrogen) atoms. The van der Waals surface area contributed by atoms with Crippen LogP contribution < -0.4 is 10.1 Å². The summed E-state index contributed by atoms with van der Waals surface area (Å²) in [5, 5.41) is 11.5. The Labute approximate surface area is 158 Å². The lowest BCUT2D eigenvalue weighted by Gasteiger charge is -2.12. The molecule has 2 aromatic rings. The van der Waals surface area contributed by atoms with Crippen molar-refractivity contribution in [3.05, 3.63) is 65.5 Å². The summed E-state index contributed by atoms with van der Waals surface area (Å²) in [6.07, 6.45) is 1.77. The van der Waals surface area contributed by atoms with Crippen LogP contribution in [-0.4, -0.2) is 30.1 Å². The van der Waals surface area contributed by atoms with E-state index in [9.17, 15) is 14.0 Å². The molecule has 1 atom stereocenters. The van der Waals surface area contributed by atoms with E-state index < -0.39 is 5.97 Å². The molecular weight excluding hydrogens is 349 g/mol. The molecule has 1 amide bonds. The summed E-state index contributed by atoms with van der Waals surface area (Å²) in [7, 11) is 0. The van der Waals surface area contributed by atoms with E-state index in [1.807, 2.05) is 19.1 Å². The number of rotatable bonds is 10.